The molecule has 1 N–H and O–H groups in total. The molecule has 0 amide bonds. The number of rotatable bonds is 3. The molecule has 0 atom stereocenters. The van der Waals surface area contributed by atoms with Gasteiger partial charge in [0.1, 0.15) is 0 Å². The van der Waals surface area contributed by atoms with Crippen molar-refractivity contribution in [3.63, 3.8) is 0 Å². The largest absolute Gasteiger partial charge is 0.311 e. The van der Waals surface area contributed by atoms with E-state index in [0.29, 0.717) is 0 Å². The Morgan fingerprint density at radius 3 is 2.21 bits per heavy atom. The molecule has 0 radical (unpaired) electrons. The van der Waals surface area contributed by atoms with Crippen LogP contribution in [0.5, 0.6) is 0 Å². The van der Waals surface area contributed by atoms with Gasteiger partial charge in [-0.25, -0.2) is 0 Å². The molecule has 14 heavy (non-hydrogen) atoms. The fourth-order valence-electron chi connectivity index (χ4n) is 2.09. The van der Waals surface area contributed by atoms with Gasteiger partial charge in [0.15, 0.2) is 0 Å². The first-order valence-electron chi connectivity index (χ1n) is 6.16. The van der Waals surface area contributed by atoms with E-state index in [0.717, 1.165) is 12.6 Å². The van der Waals surface area contributed by atoms with Gasteiger partial charge in [0.25, 0.3) is 0 Å². The second-order valence-corrected chi connectivity index (χ2v) is 4.73. The average Bonchev–Trinajstić information content (AvgIpc) is 2.07. The molecule has 1 heteroatoms. The Balaban J connectivity index is 2.17. The Hall–Kier alpha value is -0.300. The van der Waals surface area contributed by atoms with Crippen LogP contribution in [-0.4, -0.2) is 12.6 Å². The summed E-state index contributed by atoms with van der Waals surface area (Å²) in [5.41, 5.74) is 1.42. The summed E-state index contributed by atoms with van der Waals surface area (Å²) < 4.78 is 0. The molecule has 0 aromatic heterocycles. The monoisotopic (exact) mass is 195 g/mol. The van der Waals surface area contributed by atoms with Crippen LogP contribution in [0.3, 0.4) is 0 Å². The third-order valence-corrected chi connectivity index (χ3v) is 3.02. The van der Waals surface area contributed by atoms with Crippen molar-refractivity contribution in [2.24, 2.45) is 0 Å². The van der Waals surface area contributed by atoms with Crippen molar-refractivity contribution in [1.82, 2.24) is 5.32 Å². The predicted octanol–water partition coefficient (Wildman–Crippen LogP) is 3.66. The van der Waals surface area contributed by atoms with E-state index in [1.807, 2.05) is 0 Å². The molecule has 0 aliphatic heterocycles. The summed E-state index contributed by atoms with van der Waals surface area (Å²) in [7, 11) is 0. The van der Waals surface area contributed by atoms with Crippen molar-refractivity contribution in [1.29, 1.82) is 0 Å². The maximum Gasteiger partial charge on any atom is 0.0139 e. The third kappa shape index (κ3) is 5.43. The molecular weight excluding hydrogens is 170 g/mol. The number of nitrogens with one attached hydrogen (secondary N) is 1. The zero-order chi connectivity index (χ0) is 10.2. The Morgan fingerprint density at radius 1 is 1.07 bits per heavy atom. The van der Waals surface area contributed by atoms with Gasteiger partial charge in [-0.05, 0) is 26.7 Å². The normalized spacial score (nSPS) is 19.9. The minimum atomic E-state index is 0.783. The Kier molecular flexibility index (Phi) is 5.93. The maximum atomic E-state index is 3.64. The third-order valence-electron chi connectivity index (χ3n) is 3.02. The fourth-order valence-corrected chi connectivity index (χ4v) is 2.09. The molecule has 0 heterocycles. The van der Waals surface area contributed by atoms with Crippen molar-refractivity contribution in [3.8, 4) is 0 Å². The number of hydrogen-bond acceptors (Lipinski definition) is 1. The molecule has 1 nitrogen and oxygen atoms in total. The Labute approximate surface area is 89.0 Å². The SMILES string of the molecule is CC(C)=CCNC1CCCCCCC1. The minimum Gasteiger partial charge on any atom is -0.311 e. The second kappa shape index (κ2) is 7.05. The summed E-state index contributed by atoms with van der Waals surface area (Å²) in [6, 6.07) is 0.783. The van der Waals surface area contributed by atoms with Gasteiger partial charge < -0.3 is 5.32 Å². The highest BCUT2D eigenvalue weighted by Gasteiger charge is 2.09. The maximum absolute atomic E-state index is 3.64. The smallest absolute Gasteiger partial charge is 0.0139 e. The van der Waals surface area contributed by atoms with Crippen LogP contribution in [0.1, 0.15) is 58.8 Å². The minimum absolute atomic E-state index is 0.783. The molecule has 1 saturated carbocycles. The van der Waals surface area contributed by atoms with Gasteiger partial charge in [-0.2, -0.15) is 0 Å². The Bertz CT molecular complexity index is 160. The lowest BCUT2D eigenvalue weighted by Crippen LogP contribution is -2.29. The summed E-state index contributed by atoms with van der Waals surface area (Å²) >= 11 is 0. The van der Waals surface area contributed by atoms with E-state index in [2.05, 4.69) is 25.2 Å². The van der Waals surface area contributed by atoms with Gasteiger partial charge in [0.2, 0.25) is 0 Å². The quantitative estimate of drug-likeness (QED) is 0.678. The lowest BCUT2D eigenvalue weighted by atomic mass is 9.97. The highest BCUT2D eigenvalue weighted by Crippen LogP contribution is 2.16. The van der Waals surface area contributed by atoms with Crippen LogP contribution in [0.4, 0.5) is 0 Å². The molecule has 1 aliphatic carbocycles. The zero-order valence-electron chi connectivity index (χ0n) is 9.81. The van der Waals surface area contributed by atoms with E-state index < -0.39 is 0 Å². The molecule has 1 rings (SSSR count). The van der Waals surface area contributed by atoms with Crippen molar-refractivity contribution in [2.45, 2.75) is 64.8 Å². The fraction of sp³-hybridized carbons (Fsp3) is 0.846. The van der Waals surface area contributed by atoms with E-state index in [4.69, 9.17) is 0 Å². The highest BCUT2D eigenvalue weighted by molar-refractivity contribution is 4.94. The first-order valence-corrected chi connectivity index (χ1v) is 6.16. The van der Waals surface area contributed by atoms with E-state index in [1.165, 1.54) is 50.5 Å². The molecule has 82 valence electrons. The van der Waals surface area contributed by atoms with Crippen LogP contribution < -0.4 is 5.32 Å². The summed E-state index contributed by atoms with van der Waals surface area (Å²) in [5.74, 6) is 0. The van der Waals surface area contributed by atoms with Crippen molar-refractivity contribution in [3.05, 3.63) is 11.6 Å². The molecular formula is C13H25N. The number of hydrogen-bond donors (Lipinski definition) is 1. The molecule has 0 unspecified atom stereocenters. The first kappa shape index (κ1) is 11.8. The van der Waals surface area contributed by atoms with Gasteiger partial charge in [-0.15, -0.1) is 0 Å². The van der Waals surface area contributed by atoms with E-state index in [1.54, 1.807) is 0 Å². The summed E-state index contributed by atoms with van der Waals surface area (Å²) in [5, 5.41) is 3.64. The first-order chi connectivity index (χ1) is 6.79. The van der Waals surface area contributed by atoms with Crippen LogP contribution in [0.15, 0.2) is 11.6 Å². The van der Waals surface area contributed by atoms with Crippen LogP contribution in [-0.2, 0) is 0 Å². The average molecular weight is 195 g/mol. The standard InChI is InChI=1S/C13H25N/c1-12(2)10-11-14-13-8-6-4-3-5-7-9-13/h10,13-14H,3-9,11H2,1-2H3. The van der Waals surface area contributed by atoms with Crippen LogP contribution in [0.2, 0.25) is 0 Å². The van der Waals surface area contributed by atoms with Gasteiger partial charge in [-0.3, -0.25) is 0 Å². The Morgan fingerprint density at radius 2 is 1.64 bits per heavy atom. The lowest BCUT2D eigenvalue weighted by Gasteiger charge is -2.20. The molecule has 0 aromatic rings. The van der Waals surface area contributed by atoms with Crippen molar-refractivity contribution < 1.29 is 0 Å². The molecule has 1 aliphatic rings. The van der Waals surface area contributed by atoms with E-state index in [-0.39, 0.29) is 0 Å². The van der Waals surface area contributed by atoms with Gasteiger partial charge in [0, 0.05) is 12.6 Å². The molecule has 0 aromatic carbocycles. The summed E-state index contributed by atoms with van der Waals surface area (Å²) in [6.07, 6.45) is 12.3. The molecule has 0 bridgehead atoms. The number of allylic oxidation sites excluding steroid dienone is 1. The van der Waals surface area contributed by atoms with Gasteiger partial charge >= 0.3 is 0 Å². The van der Waals surface area contributed by atoms with Gasteiger partial charge in [-0.1, -0.05) is 43.8 Å². The van der Waals surface area contributed by atoms with Gasteiger partial charge in [0.05, 0.1) is 0 Å². The molecule has 0 saturated heterocycles. The highest BCUT2D eigenvalue weighted by atomic mass is 14.9. The predicted molar refractivity (Wildman–Crippen MR) is 63.5 cm³/mol. The summed E-state index contributed by atoms with van der Waals surface area (Å²) in [6.45, 7) is 5.40. The topological polar surface area (TPSA) is 12.0 Å². The van der Waals surface area contributed by atoms with E-state index in [9.17, 15) is 0 Å². The van der Waals surface area contributed by atoms with Crippen molar-refractivity contribution >= 4 is 0 Å². The van der Waals surface area contributed by atoms with Crippen molar-refractivity contribution in [2.75, 3.05) is 6.54 Å². The summed E-state index contributed by atoms with van der Waals surface area (Å²) in [4.78, 5) is 0. The second-order valence-electron chi connectivity index (χ2n) is 4.73. The van der Waals surface area contributed by atoms with E-state index >= 15 is 0 Å². The van der Waals surface area contributed by atoms with Crippen LogP contribution >= 0.6 is 0 Å². The molecule has 0 spiro atoms. The molecule has 1 fully saturated rings. The van der Waals surface area contributed by atoms with Crippen LogP contribution in [0, 0.1) is 0 Å². The zero-order valence-corrected chi connectivity index (χ0v) is 9.81. The lowest BCUT2D eigenvalue weighted by molar-refractivity contribution is 0.401. The van der Waals surface area contributed by atoms with Crippen LogP contribution in [0.25, 0.3) is 0 Å².